The molecule has 10 heteroatoms. The predicted octanol–water partition coefficient (Wildman–Crippen LogP) is 2.36. The lowest BCUT2D eigenvalue weighted by Crippen LogP contribution is -2.55. The van der Waals surface area contributed by atoms with Gasteiger partial charge in [0.1, 0.15) is 12.6 Å². The van der Waals surface area contributed by atoms with E-state index in [1.807, 2.05) is 54.8 Å². The molecule has 3 amide bonds. The van der Waals surface area contributed by atoms with Gasteiger partial charge in [0.15, 0.2) is 6.04 Å². The minimum Gasteiger partial charge on any atom is -0.480 e. The number of rotatable bonds is 8. The summed E-state index contributed by atoms with van der Waals surface area (Å²) < 4.78 is 5.53. The van der Waals surface area contributed by atoms with Crippen molar-refractivity contribution in [2.45, 2.75) is 30.8 Å². The molecular formula is C24H25N3O6S. The molecule has 2 aromatic carbocycles. The Morgan fingerprint density at radius 2 is 1.76 bits per heavy atom. The number of alkyl carbamates (subject to hydrolysis) is 1. The van der Waals surface area contributed by atoms with Crippen LogP contribution < -0.4 is 10.7 Å². The van der Waals surface area contributed by atoms with E-state index in [1.165, 1.54) is 11.8 Å². The maximum Gasteiger partial charge on any atom is 0.407 e. The number of hydrogen-bond acceptors (Lipinski definition) is 6. The molecule has 1 aliphatic heterocycles. The van der Waals surface area contributed by atoms with Crippen LogP contribution in [0, 0.1) is 0 Å². The van der Waals surface area contributed by atoms with Crippen molar-refractivity contribution in [1.29, 1.82) is 0 Å². The van der Waals surface area contributed by atoms with Gasteiger partial charge in [-0.1, -0.05) is 48.5 Å². The highest BCUT2D eigenvalue weighted by Gasteiger charge is 2.41. The number of benzene rings is 2. The fourth-order valence-corrected chi connectivity index (χ4v) is 4.85. The zero-order chi connectivity index (χ0) is 24.2. The zero-order valence-corrected chi connectivity index (χ0v) is 19.3. The first kappa shape index (κ1) is 23.6. The Labute approximate surface area is 200 Å². The number of carboxylic acid groups (broad SMARTS) is 1. The molecule has 0 saturated carbocycles. The number of nitrogens with zero attached hydrogens (tertiary/aromatic N) is 1. The minimum absolute atomic E-state index is 0.0848. The number of carboxylic acids is 1. The maximum atomic E-state index is 13.0. The molecule has 2 aromatic rings. The number of ether oxygens (including phenoxy) is 1. The van der Waals surface area contributed by atoms with Gasteiger partial charge in [-0.25, -0.2) is 14.6 Å². The second-order valence-corrected chi connectivity index (χ2v) is 9.09. The van der Waals surface area contributed by atoms with Crippen LogP contribution >= 0.6 is 11.8 Å². The number of amides is 3. The Hall–Kier alpha value is -3.53. The van der Waals surface area contributed by atoms with Crippen LogP contribution in [0.4, 0.5) is 4.79 Å². The molecule has 2 unspecified atom stereocenters. The summed E-state index contributed by atoms with van der Waals surface area (Å²) in [5, 5.41) is 12.7. The number of nitrogens with one attached hydrogen (secondary N) is 2. The van der Waals surface area contributed by atoms with E-state index in [-0.39, 0.29) is 25.4 Å². The van der Waals surface area contributed by atoms with Crippen LogP contribution in [0.2, 0.25) is 0 Å². The second-order valence-electron chi connectivity index (χ2n) is 8.11. The van der Waals surface area contributed by atoms with Crippen molar-refractivity contribution < 1.29 is 29.0 Å². The molecule has 3 N–H and O–H groups in total. The van der Waals surface area contributed by atoms with E-state index in [9.17, 15) is 24.3 Å². The van der Waals surface area contributed by atoms with Crippen LogP contribution in [0.15, 0.2) is 48.5 Å². The Bertz CT molecular complexity index is 1080. The van der Waals surface area contributed by atoms with Gasteiger partial charge in [0, 0.05) is 5.92 Å². The average molecular weight is 484 g/mol. The number of carbonyl (C=O) groups excluding carboxylic acids is 3. The first-order valence-electron chi connectivity index (χ1n) is 10.9. The largest absolute Gasteiger partial charge is 0.480 e. The van der Waals surface area contributed by atoms with E-state index in [2.05, 4.69) is 10.7 Å². The second kappa shape index (κ2) is 10.2. The first-order valence-corrected chi connectivity index (χ1v) is 12.3. The lowest BCUT2D eigenvalue weighted by atomic mass is 9.98. The van der Waals surface area contributed by atoms with Crippen LogP contribution in [-0.2, 0) is 19.1 Å². The highest BCUT2D eigenvalue weighted by molar-refractivity contribution is 7.98. The van der Waals surface area contributed by atoms with Gasteiger partial charge in [-0.05, 0) is 40.7 Å². The van der Waals surface area contributed by atoms with Gasteiger partial charge in [-0.2, -0.15) is 11.8 Å². The highest BCUT2D eigenvalue weighted by Crippen LogP contribution is 2.44. The summed E-state index contributed by atoms with van der Waals surface area (Å²) in [6.07, 6.45) is 0.996. The number of aliphatic carboxylic acids is 1. The molecule has 1 heterocycles. The third kappa shape index (κ3) is 4.72. The number of thioether (sulfide) groups is 1. The van der Waals surface area contributed by atoms with Gasteiger partial charge in [-0.3, -0.25) is 15.0 Å². The quantitative estimate of drug-likeness (QED) is 0.526. The van der Waals surface area contributed by atoms with Crippen LogP contribution in [0.5, 0.6) is 0 Å². The fraction of sp³-hybridized carbons (Fsp3) is 0.333. The van der Waals surface area contributed by atoms with Crippen LogP contribution in [0.3, 0.4) is 0 Å². The molecule has 9 nitrogen and oxygen atoms in total. The SMILES string of the molecule is CSCCC(NC(=O)OCC1c2ccccc2-c2ccccc21)C(=O)N1NC(=O)CC1C(=O)O. The molecule has 2 aliphatic rings. The molecule has 34 heavy (non-hydrogen) atoms. The number of fused-ring (bicyclic) bond motifs is 3. The summed E-state index contributed by atoms with van der Waals surface area (Å²) in [5.74, 6) is -2.14. The summed E-state index contributed by atoms with van der Waals surface area (Å²) in [4.78, 5) is 48.9. The van der Waals surface area contributed by atoms with Gasteiger partial charge in [0.05, 0.1) is 6.42 Å². The summed E-state index contributed by atoms with van der Waals surface area (Å²) in [5.41, 5.74) is 6.61. The fourth-order valence-electron chi connectivity index (χ4n) is 4.37. The van der Waals surface area contributed by atoms with Gasteiger partial charge < -0.3 is 15.2 Å². The molecule has 0 aromatic heterocycles. The molecular weight excluding hydrogens is 458 g/mol. The van der Waals surface area contributed by atoms with Crippen molar-refractivity contribution in [1.82, 2.24) is 15.8 Å². The van der Waals surface area contributed by atoms with Gasteiger partial charge in [-0.15, -0.1) is 0 Å². The monoisotopic (exact) mass is 483 g/mol. The number of hydrogen-bond donors (Lipinski definition) is 3. The van der Waals surface area contributed by atoms with E-state index >= 15 is 0 Å². The van der Waals surface area contributed by atoms with E-state index in [0.29, 0.717) is 5.75 Å². The molecule has 4 rings (SSSR count). The lowest BCUT2D eigenvalue weighted by molar-refractivity contribution is -0.151. The molecule has 1 saturated heterocycles. The van der Waals surface area contributed by atoms with E-state index in [1.54, 1.807) is 0 Å². The molecule has 1 aliphatic carbocycles. The standard InChI is InChI=1S/C24H25N3O6S/c1-34-11-10-19(22(29)27-20(23(30)31)12-21(28)26-27)25-24(32)33-13-18-16-8-4-2-6-14(16)15-7-3-5-9-17(15)18/h2-9,18-20H,10-13H2,1H3,(H,25,32)(H,26,28)(H,30,31). The van der Waals surface area contributed by atoms with E-state index in [0.717, 1.165) is 27.3 Å². The molecule has 0 spiro atoms. The Morgan fingerprint density at radius 1 is 1.15 bits per heavy atom. The molecule has 0 bridgehead atoms. The Kier molecular flexibility index (Phi) is 7.06. The topological polar surface area (TPSA) is 125 Å². The Morgan fingerprint density at radius 3 is 2.35 bits per heavy atom. The summed E-state index contributed by atoms with van der Waals surface area (Å²) in [6, 6.07) is 13.6. The van der Waals surface area contributed by atoms with Crippen LogP contribution in [0.25, 0.3) is 11.1 Å². The van der Waals surface area contributed by atoms with Crippen LogP contribution in [-0.4, -0.2) is 64.7 Å². The molecule has 2 atom stereocenters. The zero-order valence-electron chi connectivity index (χ0n) is 18.5. The third-order valence-corrected chi connectivity index (χ3v) is 6.65. The number of carbonyl (C=O) groups is 4. The average Bonchev–Trinajstić information content (AvgIpc) is 3.38. The van der Waals surface area contributed by atoms with Crippen LogP contribution in [0.1, 0.15) is 29.9 Å². The summed E-state index contributed by atoms with van der Waals surface area (Å²) in [6.45, 7) is 0.0848. The van der Waals surface area contributed by atoms with Gasteiger partial charge >= 0.3 is 12.1 Å². The Balaban J connectivity index is 1.44. The van der Waals surface area contributed by atoms with Crippen molar-refractivity contribution in [2.24, 2.45) is 0 Å². The number of hydrazine groups is 1. The van der Waals surface area contributed by atoms with Crippen molar-refractivity contribution >= 4 is 35.6 Å². The first-order chi connectivity index (χ1) is 16.4. The van der Waals surface area contributed by atoms with Crippen molar-refractivity contribution in [3.05, 3.63) is 59.7 Å². The maximum absolute atomic E-state index is 13.0. The van der Waals surface area contributed by atoms with Gasteiger partial charge in [0.2, 0.25) is 5.91 Å². The van der Waals surface area contributed by atoms with Crippen molar-refractivity contribution in [3.8, 4) is 11.1 Å². The van der Waals surface area contributed by atoms with Crippen molar-refractivity contribution in [2.75, 3.05) is 18.6 Å². The predicted molar refractivity (Wildman–Crippen MR) is 126 cm³/mol. The smallest absolute Gasteiger partial charge is 0.407 e. The molecule has 178 valence electrons. The van der Waals surface area contributed by atoms with Gasteiger partial charge in [0.25, 0.3) is 5.91 Å². The highest BCUT2D eigenvalue weighted by atomic mass is 32.2. The van der Waals surface area contributed by atoms with E-state index in [4.69, 9.17) is 4.74 Å². The summed E-state index contributed by atoms with van der Waals surface area (Å²) >= 11 is 1.48. The molecule has 0 radical (unpaired) electrons. The third-order valence-electron chi connectivity index (χ3n) is 6.00. The van der Waals surface area contributed by atoms with E-state index < -0.39 is 36.0 Å². The lowest BCUT2D eigenvalue weighted by Gasteiger charge is -2.26. The normalized spacial score (nSPS) is 17.5. The molecule has 1 fully saturated rings. The van der Waals surface area contributed by atoms with Crippen molar-refractivity contribution in [3.63, 3.8) is 0 Å². The summed E-state index contributed by atoms with van der Waals surface area (Å²) in [7, 11) is 0. The minimum atomic E-state index is -1.32.